The third kappa shape index (κ3) is 4.67. The molecule has 210 valence electrons. The van der Waals surface area contributed by atoms with Crippen molar-refractivity contribution in [2.45, 2.75) is 44.8 Å². The van der Waals surface area contributed by atoms with Gasteiger partial charge >= 0.3 is 6.18 Å². The zero-order valence-corrected chi connectivity index (χ0v) is 22.1. The number of carbonyl (C=O) groups excluding carboxylic acids is 2. The number of amides is 2. The van der Waals surface area contributed by atoms with Crippen LogP contribution in [0.3, 0.4) is 0 Å². The molecule has 1 aromatic carbocycles. The van der Waals surface area contributed by atoms with Gasteiger partial charge in [-0.25, -0.2) is 9.67 Å². The number of phenols is 1. The molecule has 0 saturated carbocycles. The van der Waals surface area contributed by atoms with Gasteiger partial charge in [0.2, 0.25) is 5.91 Å². The van der Waals surface area contributed by atoms with E-state index in [1.165, 1.54) is 11.0 Å². The van der Waals surface area contributed by atoms with Crippen molar-refractivity contribution in [3.05, 3.63) is 76.8 Å². The molecular formula is C28H29F3N6O3. The number of nitrogens with two attached hydrogens (primary N) is 1. The minimum atomic E-state index is -4.70. The van der Waals surface area contributed by atoms with E-state index in [1.54, 1.807) is 15.6 Å². The Kier molecular flexibility index (Phi) is 6.80. The van der Waals surface area contributed by atoms with Crippen molar-refractivity contribution in [3.8, 4) is 11.4 Å². The zero-order valence-electron chi connectivity index (χ0n) is 22.1. The lowest BCUT2D eigenvalue weighted by Crippen LogP contribution is -2.46. The number of pyridine rings is 1. The van der Waals surface area contributed by atoms with E-state index in [9.17, 15) is 27.9 Å². The second-order valence-corrected chi connectivity index (χ2v) is 10.3. The van der Waals surface area contributed by atoms with E-state index in [2.05, 4.69) is 11.6 Å². The van der Waals surface area contributed by atoms with Crippen molar-refractivity contribution >= 4 is 17.6 Å². The number of rotatable bonds is 4. The third-order valence-electron chi connectivity index (χ3n) is 7.50. The number of alkyl halides is 3. The molecule has 2 aliphatic rings. The Hall–Kier alpha value is -4.35. The van der Waals surface area contributed by atoms with Crippen molar-refractivity contribution in [1.82, 2.24) is 24.6 Å². The monoisotopic (exact) mass is 554 g/mol. The number of anilines is 1. The van der Waals surface area contributed by atoms with Crippen molar-refractivity contribution in [1.29, 1.82) is 0 Å². The minimum Gasteiger partial charge on any atom is -0.506 e. The number of hydrogen-bond acceptors (Lipinski definition) is 6. The highest BCUT2D eigenvalue weighted by atomic mass is 19.4. The molecule has 40 heavy (non-hydrogen) atoms. The Morgan fingerprint density at radius 2 is 1.93 bits per heavy atom. The predicted octanol–water partition coefficient (Wildman–Crippen LogP) is 4.01. The van der Waals surface area contributed by atoms with Crippen LogP contribution in [0.2, 0.25) is 0 Å². The summed E-state index contributed by atoms with van der Waals surface area (Å²) >= 11 is 0. The molecule has 0 saturated heterocycles. The van der Waals surface area contributed by atoms with Crippen LogP contribution in [0.25, 0.3) is 5.69 Å². The van der Waals surface area contributed by atoms with Crippen LogP contribution in [0.5, 0.6) is 5.75 Å². The number of benzene rings is 1. The lowest BCUT2D eigenvalue weighted by Gasteiger charge is -2.38. The lowest BCUT2D eigenvalue weighted by atomic mass is 9.94. The van der Waals surface area contributed by atoms with E-state index in [-0.39, 0.29) is 36.2 Å². The first kappa shape index (κ1) is 27.2. The van der Waals surface area contributed by atoms with Crippen LogP contribution < -0.4 is 5.73 Å². The molecular weight excluding hydrogens is 525 g/mol. The fraction of sp³-hybridized carbons (Fsp3) is 0.357. The quantitative estimate of drug-likeness (QED) is 0.471. The second-order valence-electron chi connectivity index (χ2n) is 10.3. The maximum absolute atomic E-state index is 13.7. The van der Waals surface area contributed by atoms with Crippen LogP contribution in [-0.4, -0.2) is 61.1 Å². The standard InChI is InChI=1S/C28H29F3N6O3/c1-4-24(39)35-11-9-18-25-20(37(34-18)19-7-5-16(15(2)3)13-22(19)38)10-12-36(21(25)14-35)27(40)17-6-8-23(28(29,30)31)33-26(17)32/h4-8,13,15,21,38H,1,9-12,14H2,2-3H3,(H2,32,33)/t21-/m0/s1. The first-order chi connectivity index (χ1) is 18.9. The molecule has 1 atom stereocenters. The summed E-state index contributed by atoms with van der Waals surface area (Å²) in [5.41, 5.74) is 8.18. The number of phenolic OH excluding ortho intramolecular Hbond substituents is 1. The number of nitrogen functional groups attached to an aromatic ring is 1. The predicted molar refractivity (Wildman–Crippen MR) is 141 cm³/mol. The zero-order chi connectivity index (χ0) is 28.9. The molecule has 3 aromatic rings. The van der Waals surface area contributed by atoms with Crippen LogP contribution in [0.4, 0.5) is 19.0 Å². The summed E-state index contributed by atoms with van der Waals surface area (Å²) in [6, 6.07) is 6.56. The highest BCUT2D eigenvalue weighted by Crippen LogP contribution is 2.39. The van der Waals surface area contributed by atoms with Gasteiger partial charge in [-0.2, -0.15) is 18.3 Å². The van der Waals surface area contributed by atoms with Gasteiger partial charge in [-0.1, -0.05) is 26.5 Å². The first-order valence-corrected chi connectivity index (χ1v) is 12.9. The summed E-state index contributed by atoms with van der Waals surface area (Å²) in [6.45, 7) is 8.27. The maximum atomic E-state index is 13.7. The summed E-state index contributed by atoms with van der Waals surface area (Å²) in [7, 11) is 0. The molecule has 0 spiro atoms. The Morgan fingerprint density at radius 3 is 2.55 bits per heavy atom. The van der Waals surface area contributed by atoms with Crippen LogP contribution in [0.1, 0.15) is 64.4 Å². The van der Waals surface area contributed by atoms with Crippen LogP contribution in [0.15, 0.2) is 43.0 Å². The molecule has 0 bridgehead atoms. The maximum Gasteiger partial charge on any atom is 0.433 e. The summed E-state index contributed by atoms with van der Waals surface area (Å²) in [6.07, 6.45) is -2.74. The van der Waals surface area contributed by atoms with Crippen LogP contribution in [0, 0.1) is 0 Å². The fourth-order valence-corrected chi connectivity index (χ4v) is 5.41. The van der Waals surface area contributed by atoms with E-state index >= 15 is 0 Å². The molecule has 0 radical (unpaired) electrons. The smallest absolute Gasteiger partial charge is 0.433 e. The topological polar surface area (TPSA) is 118 Å². The van der Waals surface area contributed by atoms with Crippen LogP contribution >= 0.6 is 0 Å². The van der Waals surface area contributed by atoms with Gasteiger partial charge in [-0.3, -0.25) is 9.59 Å². The van der Waals surface area contributed by atoms with Gasteiger partial charge in [0.1, 0.15) is 22.9 Å². The Balaban J connectivity index is 1.58. The number of aromatic hydroxyl groups is 1. The normalized spacial score (nSPS) is 17.0. The second kappa shape index (κ2) is 10.00. The van der Waals surface area contributed by atoms with E-state index in [4.69, 9.17) is 10.8 Å². The molecule has 2 amide bonds. The molecule has 2 aromatic heterocycles. The molecule has 0 unspecified atom stereocenters. The molecule has 12 heteroatoms. The Bertz CT molecular complexity index is 1510. The number of carbonyl (C=O) groups is 2. The van der Waals surface area contributed by atoms with E-state index < -0.39 is 29.6 Å². The Morgan fingerprint density at radius 1 is 1.18 bits per heavy atom. The van der Waals surface area contributed by atoms with Gasteiger partial charge in [0.05, 0.1) is 23.0 Å². The average molecular weight is 555 g/mol. The third-order valence-corrected chi connectivity index (χ3v) is 7.50. The molecule has 4 heterocycles. The van der Waals surface area contributed by atoms with Gasteiger partial charge < -0.3 is 20.6 Å². The number of nitrogens with zero attached hydrogens (tertiary/aromatic N) is 5. The van der Waals surface area contributed by atoms with Crippen LogP contribution in [-0.2, 0) is 23.8 Å². The molecule has 3 N–H and O–H groups in total. The number of hydrogen-bond donors (Lipinski definition) is 2. The minimum absolute atomic E-state index is 0.0715. The summed E-state index contributed by atoms with van der Waals surface area (Å²) in [4.78, 5) is 32.8. The lowest BCUT2D eigenvalue weighted by molar-refractivity contribution is -0.141. The highest BCUT2D eigenvalue weighted by molar-refractivity contribution is 5.99. The first-order valence-electron chi connectivity index (χ1n) is 12.9. The van der Waals surface area contributed by atoms with Crippen molar-refractivity contribution < 1.29 is 27.9 Å². The van der Waals surface area contributed by atoms with Crippen molar-refractivity contribution in [3.63, 3.8) is 0 Å². The molecule has 0 fully saturated rings. The van der Waals surface area contributed by atoms with Crippen molar-refractivity contribution in [2.75, 3.05) is 25.4 Å². The Labute approximate surface area is 228 Å². The van der Waals surface area contributed by atoms with Gasteiger partial charge in [0, 0.05) is 38.0 Å². The van der Waals surface area contributed by atoms with Gasteiger partial charge in [-0.05, 0) is 41.8 Å². The summed E-state index contributed by atoms with van der Waals surface area (Å²) in [5.74, 6) is -1.14. The summed E-state index contributed by atoms with van der Waals surface area (Å²) in [5, 5.41) is 15.7. The van der Waals surface area contributed by atoms with Gasteiger partial charge in [0.15, 0.2) is 0 Å². The fourth-order valence-electron chi connectivity index (χ4n) is 5.41. The van der Waals surface area contributed by atoms with Gasteiger partial charge in [-0.15, -0.1) is 0 Å². The molecule has 2 aliphatic heterocycles. The van der Waals surface area contributed by atoms with E-state index in [0.29, 0.717) is 30.8 Å². The average Bonchev–Trinajstić information content (AvgIpc) is 3.16. The molecule has 5 rings (SSSR count). The van der Waals surface area contributed by atoms with E-state index in [0.717, 1.165) is 29.0 Å². The van der Waals surface area contributed by atoms with Gasteiger partial charge in [0.25, 0.3) is 5.91 Å². The SMILES string of the molecule is C=CC(=O)N1CCc2nn(-c3ccc(C(C)C)cc3O)c3c2[C@H](C1)N(C(=O)c1ccc(C(F)(F)F)nc1N)CC3. The molecule has 0 aliphatic carbocycles. The van der Waals surface area contributed by atoms with Crippen molar-refractivity contribution in [2.24, 2.45) is 0 Å². The highest BCUT2D eigenvalue weighted by Gasteiger charge is 2.41. The number of aromatic nitrogens is 3. The number of halogens is 3. The van der Waals surface area contributed by atoms with E-state index in [1.807, 2.05) is 26.0 Å². The summed E-state index contributed by atoms with van der Waals surface area (Å²) < 4.78 is 41.1. The largest absolute Gasteiger partial charge is 0.506 e. The molecule has 9 nitrogen and oxygen atoms in total.